The van der Waals surface area contributed by atoms with Gasteiger partial charge in [-0.1, -0.05) is 12.8 Å². The highest BCUT2D eigenvalue weighted by Crippen LogP contribution is 2.43. The molecule has 1 aliphatic carbocycles. The van der Waals surface area contributed by atoms with E-state index in [9.17, 15) is 5.11 Å². The lowest BCUT2D eigenvalue weighted by Gasteiger charge is -2.46. The second-order valence-corrected chi connectivity index (χ2v) is 6.03. The van der Waals surface area contributed by atoms with Crippen LogP contribution < -0.4 is 10.1 Å². The number of piperidine rings is 1. The molecule has 0 unspecified atom stereocenters. The van der Waals surface area contributed by atoms with Crippen LogP contribution in [0, 0.1) is 5.92 Å². The number of quaternary nitrogens is 1. The van der Waals surface area contributed by atoms with Gasteiger partial charge in [0.05, 0.1) is 19.3 Å². The van der Waals surface area contributed by atoms with E-state index in [-0.39, 0.29) is 0 Å². The standard InChI is InChI=1S/C16H23NO2/c1-19-13-7-5-12(6-8-13)15-14-4-2-3-9-16(14,18)10-11-17-15/h5-8,14-15,17-18H,2-4,9-11H2,1H3/p+1/t14-,15-,16+/m1/s1. The molecule has 2 aliphatic rings. The summed E-state index contributed by atoms with van der Waals surface area (Å²) in [5, 5.41) is 13.3. The molecular formula is C16H24NO2+. The van der Waals surface area contributed by atoms with Gasteiger partial charge in [-0.2, -0.15) is 0 Å². The Kier molecular flexibility index (Phi) is 3.50. The zero-order valence-electron chi connectivity index (χ0n) is 11.6. The Hall–Kier alpha value is -1.06. The Morgan fingerprint density at radius 2 is 2.00 bits per heavy atom. The first kappa shape index (κ1) is 12.9. The van der Waals surface area contributed by atoms with Crippen LogP contribution in [-0.2, 0) is 0 Å². The van der Waals surface area contributed by atoms with Gasteiger partial charge in [0, 0.05) is 17.9 Å². The van der Waals surface area contributed by atoms with E-state index in [1.807, 2.05) is 12.1 Å². The van der Waals surface area contributed by atoms with Gasteiger partial charge in [-0.15, -0.1) is 0 Å². The van der Waals surface area contributed by atoms with Crippen molar-refractivity contribution >= 4 is 0 Å². The van der Waals surface area contributed by atoms with Crippen LogP contribution in [0.4, 0.5) is 0 Å². The van der Waals surface area contributed by atoms with E-state index in [0.717, 1.165) is 31.6 Å². The second-order valence-electron chi connectivity index (χ2n) is 6.03. The Morgan fingerprint density at radius 1 is 1.21 bits per heavy atom. The number of rotatable bonds is 2. The molecule has 104 valence electrons. The van der Waals surface area contributed by atoms with Crippen molar-refractivity contribution in [2.24, 2.45) is 5.92 Å². The predicted octanol–water partition coefficient (Wildman–Crippen LogP) is 1.62. The summed E-state index contributed by atoms with van der Waals surface area (Å²) in [6, 6.07) is 8.77. The smallest absolute Gasteiger partial charge is 0.118 e. The summed E-state index contributed by atoms with van der Waals surface area (Å²) in [7, 11) is 1.70. The lowest BCUT2D eigenvalue weighted by atomic mass is 9.67. The maximum Gasteiger partial charge on any atom is 0.118 e. The van der Waals surface area contributed by atoms with E-state index >= 15 is 0 Å². The molecule has 1 aromatic carbocycles. The monoisotopic (exact) mass is 262 g/mol. The van der Waals surface area contributed by atoms with Crippen molar-refractivity contribution in [3.63, 3.8) is 0 Å². The third kappa shape index (κ3) is 2.37. The van der Waals surface area contributed by atoms with Gasteiger partial charge >= 0.3 is 0 Å². The Balaban J connectivity index is 1.85. The minimum absolute atomic E-state index is 0.406. The molecule has 3 N–H and O–H groups in total. The minimum atomic E-state index is -0.419. The van der Waals surface area contributed by atoms with Crippen LogP contribution in [0.15, 0.2) is 24.3 Å². The van der Waals surface area contributed by atoms with Gasteiger partial charge in [0.2, 0.25) is 0 Å². The van der Waals surface area contributed by atoms with Gasteiger partial charge in [-0.3, -0.25) is 0 Å². The number of fused-ring (bicyclic) bond motifs is 1. The highest BCUT2D eigenvalue weighted by Gasteiger charge is 2.48. The quantitative estimate of drug-likeness (QED) is 0.851. The van der Waals surface area contributed by atoms with Gasteiger partial charge in [-0.25, -0.2) is 0 Å². The minimum Gasteiger partial charge on any atom is -0.497 e. The van der Waals surface area contributed by atoms with E-state index in [4.69, 9.17) is 4.74 Å². The van der Waals surface area contributed by atoms with Crippen molar-refractivity contribution in [3.8, 4) is 5.75 Å². The maximum absolute atomic E-state index is 10.9. The number of benzene rings is 1. The molecule has 0 bridgehead atoms. The Bertz CT molecular complexity index is 427. The lowest BCUT2D eigenvalue weighted by molar-refractivity contribution is -0.719. The molecule has 3 heteroatoms. The van der Waals surface area contributed by atoms with Crippen LogP contribution in [0.25, 0.3) is 0 Å². The van der Waals surface area contributed by atoms with Crippen LogP contribution in [0.2, 0.25) is 0 Å². The van der Waals surface area contributed by atoms with Crippen molar-refractivity contribution in [2.75, 3.05) is 13.7 Å². The topological polar surface area (TPSA) is 46.1 Å². The first-order valence-corrected chi connectivity index (χ1v) is 7.42. The van der Waals surface area contributed by atoms with Crippen LogP contribution in [0.3, 0.4) is 0 Å². The summed E-state index contributed by atoms with van der Waals surface area (Å²) < 4.78 is 5.22. The van der Waals surface area contributed by atoms with Crippen LogP contribution in [0.1, 0.15) is 43.7 Å². The molecule has 1 heterocycles. The van der Waals surface area contributed by atoms with Crippen molar-refractivity contribution in [2.45, 2.75) is 43.7 Å². The Morgan fingerprint density at radius 3 is 2.74 bits per heavy atom. The molecule has 1 saturated carbocycles. The summed E-state index contributed by atoms with van der Waals surface area (Å²) >= 11 is 0. The van der Waals surface area contributed by atoms with Crippen LogP contribution in [-0.4, -0.2) is 24.4 Å². The molecule has 3 nitrogen and oxygen atoms in total. The second kappa shape index (κ2) is 5.14. The molecule has 2 fully saturated rings. The van der Waals surface area contributed by atoms with Gasteiger partial charge < -0.3 is 15.2 Å². The zero-order chi connectivity index (χ0) is 13.3. The number of nitrogens with two attached hydrogens (primary N) is 1. The molecule has 3 atom stereocenters. The summed E-state index contributed by atoms with van der Waals surface area (Å²) in [4.78, 5) is 0. The normalized spacial score (nSPS) is 34.6. The van der Waals surface area contributed by atoms with Crippen molar-refractivity contribution in [1.29, 1.82) is 0 Å². The fourth-order valence-corrected chi connectivity index (χ4v) is 3.95. The molecule has 1 saturated heterocycles. The third-order valence-electron chi connectivity index (χ3n) is 5.00. The van der Waals surface area contributed by atoms with Crippen LogP contribution >= 0.6 is 0 Å². The van der Waals surface area contributed by atoms with Gasteiger partial charge in [0.1, 0.15) is 11.8 Å². The van der Waals surface area contributed by atoms with Crippen LogP contribution in [0.5, 0.6) is 5.75 Å². The molecule has 1 aromatic rings. The number of ether oxygens (including phenoxy) is 1. The first-order chi connectivity index (χ1) is 9.23. The summed E-state index contributed by atoms with van der Waals surface area (Å²) in [6.45, 7) is 1.03. The van der Waals surface area contributed by atoms with Crippen molar-refractivity contribution in [3.05, 3.63) is 29.8 Å². The molecule has 0 amide bonds. The summed E-state index contributed by atoms with van der Waals surface area (Å²) in [5.74, 6) is 1.31. The highest BCUT2D eigenvalue weighted by molar-refractivity contribution is 5.29. The van der Waals surface area contributed by atoms with E-state index < -0.39 is 5.60 Å². The van der Waals surface area contributed by atoms with Gasteiger partial charge in [0.15, 0.2) is 0 Å². The first-order valence-electron chi connectivity index (χ1n) is 7.42. The average Bonchev–Trinajstić information content (AvgIpc) is 2.46. The number of hydrogen-bond donors (Lipinski definition) is 2. The lowest BCUT2D eigenvalue weighted by Crippen LogP contribution is -2.91. The molecule has 0 radical (unpaired) electrons. The number of methoxy groups -OCH3 is 1. The van der Waals surface area contributed by atoms with Gasteiger partial charge in [-0.05, 0) is 37.1 Å². The average molecular weight is 262 g/mol. The summed E-state index contributed by atoms with van der Waals surface area (Å²) in [6.07, 6.45) is 5.53. The van der Waals surface area contributed by atoms with E-state index in [1.165, 1.54) is 18.4 Å². The SMILES string of the molecule is COc1ccc([C@H]2[NH2+]CC[C@@]3(O)CCCC[C@H]23)cc1. The van der Waals surface area contributed by atoms with Crippen molar-refractivity contribution < 1.29 is 15.2 Å². The van der Waals surface area contributed by atoms with Gasteiger partial charge in [0.25, 0.3) is 0 Å². The highest BCUT2D eigenvalue weighted by atomic mass is 16.5. The molecule has 3 rings (SSSR count). The van der Waals surface area contributed by atoms with E-state index in [1.54, 1.807) is 7.11 Å². The zero-order valence-corrected chi connectivity index (χ0v) is 11.6. The fourth-order valence-electron chi connectivity index (χ4n) is 3.95. The van der Waals surface area contributed by atoms with E-state index in [0.29, 0.717) is 12.0 Å². The Labute approximate surface area is 115 Å². The number of aliphatic hydroxyl groups is 1. The molecule has 19 heavy (non-hydrogen) atoms. The summed E-state index contributed by atoms with van der Waals surface area (Å²) in [5.41, 5.74) is 0.906. The maximum atomic E-state index is 10.9. The molecular weight excluding hydrogens is 238 g/mol. The van der Waals surface area contributed by atoms with Crippen molar-refractivity contribution in [1.82, 2.24) is 0 Å². The molecule has 1 aliphatic heterocycles. The third-order valence-corrected chi connectivity index (χ3v) is 5.00. The predicted molar refractivity (Wildman–Crippen MR) is 74.1 cm³/mol. The number of hydrogen-bond acceptors (Lipinski definition) is 2. The largest absolute Gasteiger partial charge is 0.497 e. The molecule has 0 spiro atoms. The molecule has 0 aromatic heterocycles. The van der Waals surface area contributed by atoms with E-state index in [2.05, 4.69) is 17.4 Å². The fraction of sp³-hybridized carbons (Fsp3) is 0.625.